The normalized spacial score (nSPS) is 28.0. The third-order valence-corrected chi connectivity index (χ3v) is 6.60. The largest absolute Gasteiger partial charge is 0.346 e. The Balaban J connectivity index is 1.51. The van der Waals surface area contributed by atoms with Gasteiger partial charge in [0.1, 0.15) is 0 Å². The lowest BCUT2D eigenvalue weighted by Gasteiger charge is -2.19. The van der Waals surface area contributed by atoms with E-state index in [1.807, 2.05) is 0 Å². The van der Waals surface area contributed by atoms with Crippen molar-refractivity contribution in [3.8, 4) is 0 Å². The molecule has 23 heavy (non-hydrogen) atoms. The molecule has 1 aromatic rings. The fraction of sp³-hybridized carbons (Fsp3) is 0.733. The number of fused-ring (bicyclic) bond motifs is 1. The van der Waals surface area contributed by atoms with Gasteiger partial charge < -0.3 is 5.32 Å². The molecule has 1 saturated carbocycles. The van der Waals surface area contributed by atoms with Crippen LogP contribution in [0.4, 0.5) is 0 Å². The van der Waals surface area contributed by atoms with E-state index in [2.05, 4.69) is 15.5 Å². The number of nitrogens with zero attached hydrogens (tertiary/aromatic N) is 2. The lowest BCUT2D eigenvalue weighted by atomic mass is 9.98. The molecular weight excluding hydrogens is 316 g/mol. The molecule has 126 valence electrons. The van der Waals surface area contributed by atoms with E-state index in [0.717, 1.165) is 43.4 Å². The topological polar surface area (TPSA) is 95.2 Å². The molecule has 0 radical (unpaired) electrons. The van der Waals surface area contributed by atoms with Crippen molar-refractivity contribution in [1.29, 1.82) is 0 Å². The molecule has 4 rings (SSSR count). The number of carbonyl (C=O) groups excluding carboxylic acids is 1. The van der Waals surface area contributed by atoms with Gasteiger partial charge >= 0.3 is 0 Å². The third-order valence-electron chi connectivity index (χ3n) is 5.37. The smallest absolute Gasteiger partial charge is 0.272 e. The second-order valence-electron chi connectivity index (χ2n) is 7.04. The number of sulfonamides is 1. The molecule has 1 aliphatic heterocycles. The zero-order valence-electron chi connectivity index (χ0n) is 13.2. The average molecular weight is 338 g/mol. The van der Waals surface area contributed by atoms with Crippen molar-refractivity contribution in [1.82, 2.24) is 19.8 Å². The Morgan fingerprint density at radius 3 is 2.78 bits per heavy atom. The lowest BCUT2D eigenvalue weighted by Crippen LogP contribution is -2.42. The van der Waals surface area contributed by atoms with Gasteiger partial charge in [-0.2, -0.15) is 9.40 Å². The van der Waals surface area contributed by atoms with Crippen molar-refractivity contribution in [2.45, 2.75) is 38.1 Å². The Hall–Kier alpha value is -1.41. The number of amides is 1. The molecule has 2 fully saturated rings. The molecule has 0 bridgehead atoms. The van der Waals surface area contributed by atoms with Crippen molar-refractivity contribution in [2.75, 3.05) is 19.3 Å². The van der Waals surface area contributed by atoms with E-state index in [0.29, 0.717) is 24.7 Å². The van der Waals surface area contributed by atoms with Gasteiger partial charge in [0.2, 0.25) is 10.0 Å². The van der Waals surface area contributed by atoms with Crippen LogP contribution in [0.25, 0.3) is 0 Å². The maximum atomic E-state index is 12.6. The highest BCUT2D eigenvalue weighted by molar-refractivity contribution is 7.88. The summed E-state index contributed by atoms with van der Waals surface area (Å²) < 4.78 is 25.2. The van der Waals surface area contributed by atoms with E-state index >= 15 is 0 Å². The highest BCUT2D eigenvalue weighted by atomic mass is 32.2. The van der Waals surface area contributed by atoms with Gasteiger partial charge in [-0.15, -0.1) is 0 Å². The average Bonchev–Trinajstić information content (AvgIpc) is 2.90. The summed E-state index contributed by atoms with van der Waals surface area (Å²) in [6.07, 6.45) is 6.40. The number of aryl methyl sites for hydroxylation is 1. The highest BCUT2D eigenvalue weighted by Crippen LogP contribution is 2.42. The Morgan fingerprint density at radius 1 is 1.30 bits per heavy atom. The van der Waals surface area contributed by atoms with Crippen LogP contribution in [-0.4, -0.2) is 54.2 Å². The Morgan fingerprint density at radius 2 is 2.09 bits per heavy atom. The van der Waals surface area contributed by atoms with Crippen molar-refractivity contribution < 1.29 is 13.2 Å². The zero-order valence-corrected chi connectivity index (χ0v) is 14.0. The van der Waals surface area contributed by atoms with E-state index < -0.39 is 10.0 Å². The number of aromatic nitrogens is 2. The standard InChI is InChI=1S/C15H22N4O3S/c1-23(21,22)19-7-11(9-5-6-9)13(8-19)16-15(20)14-10-3-2-4-12(10)17-18-14/h9,11,13H,2-8H2,1H3,(H,16,20)(H,17,18). The fourth-order valence-corrected chi connectivity index (χ4v) is 4.84. The van der Waals surface area contributed by atoms with Gasteiger partial charge in [0, 0.05) is 30.4 Å². The first-order valence-corrected chi connectivity index (χ1v) is 10.1. The van der Waals surface area contributed by atoms with Gasteiger partial charge in [0.25, 0.3) is 5.91 Å². The summed E-state index contributed by atoms with van der Waals surface area (Å²) in [6.45, 7) is 0.894. The monoisotopic (exact) mass is 338 g/mol. The van der Waals surface area contributed by atoms with Crippen LogP contribution in [0, 0.1) is 11.8 Å². The number of hydrogen-bond acceptors (Lipinski definition) is 4. The van der Waals surface area contributed by atoms with Gasteiger partial charge in [0.15, 0.2) is 5.69 Å². The van der Waals surface area contributed by atoms with Crippen molar-refractivity contribution in [3.05, 3.63) is 17.0 Å². The minimum absolute atomic E-state index is 0.113. The summed E-state index contributed by atoms with van der Waals surface area (Å²) in [5.74, 6) is 0.591. The molecule has 3 aliphatic rings. The SMILES string of the molecule is CS(=O)(=O)N1CC(NC(=O)c2n[nH]c3c2CCC3)C(C2CC2)C1. The summed E-state index contributed by atoms with van der Waals surface area (Å²) in [4.78, 5) is 12.6. The Kier molecular flexibility index (Phi) is 3.49. The molecule has 0 spiro atoms. The summed E-state index contributed by atoms with van der Waals surface area (Å²) in [7, 11) is -3.21. The van der Waals surface area contributed by atoms with Crippen LogP contribution < -0.4 is 5.32 Å². The fourth-order valence-electron chi connectivity index (χ4n) is 3.96. The maximum absolute atomic E-state index is 12.6. The number of H-pyrrole nitrogens is 1. The molecule has 1 aromatic heterocycles. The molecule has 2 N–H and O–H groups in total. The first-order valence-electron chi connectivity index (χ1n) is 8.25. The van der Waals surface area contributed by atoms with Gasteiger partial charge in [-0.05, 0) is 43.9 Å². The summed E-state index contributed by atoms with van der Waals surface area (Å²) >= 11 is 0. The van der Waals surface area contributed by atoms with E-state index in [9.17, 15) is 13.2 Å². The molecule has 1 amide bonds. The van der Waals surface area contributed by atoms with Crippen LogP contribution in [-0.2, 0) is 22.9 Å². The summed E-state index contributed by atoms with van der Waals surface area (Å²) in [5, 5.41) is 10.2. The number of aromatic amines is 1. The first kappa shape index (κ1) is 15.1. The first-order chi connectivity index (χ1) is 10.9. The second kappa shape index (κ2) is 5.31. The predicted molar refractivity (Wildman–Crippen MR) is 84.5 cm³/mol. The predicted octanol–water partition coefficient (Wildman–Crippen LogP) is 0.298. The molecule has 8 heteroatoms. The van der Waals surface area contributed by atoms with Crippen LogP contribution in [0.5, 0.6) is 0 Å². The molecule has 7 nitrogen and oxygen atoms in total. The van der Waals surface area contributed by atoms with Crippen molar-refractivity contribution in [2.24, 2.45) is 11.8 Å². The van der Waals surface area contributed by atoms with Gasteiger partial charge in [-0.25, -0.2) is 8.42 Å². The van der Waals surface area contributed by atoms with E-state index in [-0.39, 0.29) is 17.9 Å². The molecule has 0 aromatic carbocycles. The molecule has 2 unspecified atom stereocenters. The van der Waals surface area contributed by atoms with E-state index in [1.165, 1.54) is 10.6 Å². The number of nitrogens with one attached hydrogen (secondary N) is 2. The second-order valence-corrected chi connectivity index (χ2v) is 9.03. The Labute approximate surface area is 135 Å². The van der Waals surface area contributed by atoms with Crippen LogP contribution in [0.1, 0.15) is 41.0 Å². The van der Waals surface area contributed by atoms with E-state index in [4.69, 9.17) is 0 Å². The minimum Gasteiger partial charge on any atom is -0.346 e. The van der Waals surface area contributed by atoms with Crippen LogP contribution in [0.15, 0.2) is 0 Å². The molecular formula is C15H22N4O3S. The van der Waals surface area contributed by atoms with Crippen molar-refractivity contribution in [3.63, 3.8) is 0 Å². The summed E-state index contributed by atoms with van der Waals surface area (Å²) in [6, 6.07) is -0.113. The molecule has 1 saturated heterocycles. The minimum atomic E-state index is -3.21. The van der Waals surface area contributed by atoms with Crippen LogP contribution >= 0.6 is 0 Å². The van der Waals surface area contributed by atoms with Gasteiger partial charge in [0.05, 0.1) is 6.26 Å². The van der Waals surface area contributed by atoms with Gasteiger partial charge in [-0.3, -0.25) is 9.89 Å². The third kappa shape index (κ3) is 2.78. The Bertz CT molecular complexity index is 738. The van der Waals surface area contributed by atoms with Crippen LogP contribution in [0.2, 0.25) is 0 Å². The summed E-state index contributed by atoms with van der Waals surface area (Å²) in [5.41, 5.74) is 2.59. The number of carbonyl (C=O) groups is 1. The van der Waals surface area contributed by atoms with Crippen LogP contribution in [0.3, 0.4) is 0 Å². The highest BCUT2D eigenvalue weighted by Gasteiger charge is 2.45. The maximum Gasteiger partial charge on any atom is 0.272 e. The quantitative estimate of drug-likeness (QED) is 0.825. The number of hydrogen-bond donors (Lipinski definition) is 2. The molecule has 2 aliphatic carbocycles. The lowest BCUT2D eigenvalue weighted by molar-refractivity contribution is 0.0922. The van der Waals surface area contributed by atoms with E-state index in [1.54, 1.807) is 0 Å². The molecule has 2 atom stereocenters. The zero-order chi connectivity index (χ0) is 16.2. The van der Waals surface area contributed by atoms with Gasteiger partial charge in [-0.1, -0.05) is 0 Å². The number of rotatable bonds is 4. The molecule has 2 heterocycles. The van der Waals surface area contributed by atoms with Crippen molar-refractivity contribution >= 4 is 15.9 Å².